The van der Waals surface area contributed by atoms with Crippen molar-refractivity contribution < 1.29 is 13.2 Å². The Kier molecular flexibility index (Phi) is 4.39. The van der Waals surface area contributed by atoms with Crippen LogP contribution in [-0.2, 0) is 12.7 Å². The van der Waals surface area contributed by atoms with Gasteiger partial charge in [-0.15, -0.1) is 11.3 Å². The molecule has 0 saturated carbocycles. The van der Waals surface area contributed by atoms with E-state index in [1.165, 1.54) is 6.07 Å². The number of thiazole rings is 1. The summed E-state index contributed by atoms with van der Waals surface area (Å²) in [6.45, 7) is 4.27. The Balaban J connectivity index is 2.16. The maximum absolute atomic E-state index is 12.8. The van der Waals surface area contributed by atoms with Crippen LogP contribution < -0.4 is 5.32 Å². The molecular formula is C13H12BrF3N2S. The molecule has 0 saturated heterocycles. The Labute approximate surface area is 127 Å². The Morgan fingerprint density at radius 1 is 1.30 bits per heavy atom. The first-order chi connectivity index (χ1) is 9.27. The zero-order valence-electron chi connectivity index (χ0n) is 10.8. The van der Waals surface area contributed by atoms with Crippen molar-refractivity contribution in [1.82, 2.24) is 4.98 Å². The Morgan fingerprint density at radius 3 is 2.55 bits per heavy atom. The molecule has 7 heteroatoms. The molecule has 0 fully saturated rings. The van der Waals surface area contributed by atoms with Crippen molar-refractivity contribution in [3.63, 3.8) is 0 Å². The van der Waals surface area contributed by atoms with Crippen molar-refractivity contribution in [1.29, 1.82) is 0 Å². The highest BCUT2D eigenvalue weighted by Crippen LogP contribution is 2.36. The summed E-state index contributed by atoms with van der Waals surface area (Å²) in [5.74, 6) is 0. The summed E-state index contributed by atoms with van der Waals surface area (Å²) in [5, 5.41) is 3.95. The molecule has 1 N–H and O–H groups in total. The molecule has 2 rings (SSSR count). The van der Waals surface area contributed by atoms with Gasteiger partial charge in [0.1, 0.15) is 0 Å². The van der Waals surface area contributed by atoms with Gasteiger partial charge in [0.15, 0.2) is 0 Å². The summed E-state index contributed by atoms with van der Waals surface area (Å²) >= 11 is 4.46. The van der Waals surface area contributed by atoms with Crippen molar-refractivity contribution in [2.75, 3.05) is 5.32 Å². The van der Waals surface area contributed by atoms with Crippen LogP contribution in [0.15, 0.2) is 22.7 Å². The second-order valence-electron chi connectivity index (χ2n) is 4.29. The number of hydrogen-bond donors (Lipinski definition) is 1. The zero-order valence-corrected chi connectivity index (χ0v) is 13.2. The van der Waals surface area contributed by atoms with E-state index < -0.39 is 11.7 Å². The van der Waals surface area contributed by atoms with Gasteiger partial charge >= 0.3 is 6.18 Å². The molecule has 0 spiro atoms. The summed E-state index contributed by atoms with van der Waals surface area (Å²) in [5.41, 5.74) is 0.666. The van der Waals surface area contributed by atoms with E-state index in [4.69, 9.17) is 0 Å². The number of nitrogens with one attached hydrogen (secondary N) is 1. The molecule has 0 aliphatic carbocycles. The van der Waals surface area contributed by atoms with Gasteiger partial charge in [0.05, 0.1) is 22.8 Å². The maximum atomic E-state index is 12.8. The van der Waals surface area contributed by atoms with Crippen LogP contribution in [0.4, 0.5) is 18.9 Å². The van der Waals surface area contributed by atoms with E-state index in [1.54, 1.807) is 17.4 Å². The van der Waals surface area contributed by atoms with Crippen LogP contribution in [0.5, 0.6) is 0 Å². The third-order valence-electron chi connectivity index (χ3n) is 2.72. The molecule has 0 bridgehead atoms. The molecule has 108 valence electrons. The van der Waals surface area contributed by atoms with E-state index in [1.807, 2.05) is 13.8 Å². The second kappa shape index (κ2) is 5.73. The second-order valence-corrected chi connectivity index (χ2v) is 6.43. The average molecular weight is 365 g/mol. The molecule has 0 amide bonds. The smallest absolute Gasteiger partial charge is 0.380 e. The quantitative estimate of drug-likeness (QED) is 0.814. The molecule has 1 aromatic carbocycles. The van der Waals surface area contributed by atoms with Crippen molar-refractivity contribution in [2.45, 2.75) is 26.6 Å². The molecule has 0 radical (unpaired) electrons. The van der Waals surface area contributed by atoms with Gasteiger partial charge < -0.3 is 5.32 Å². The summed E-state index contributed by atoms with van der Waals surface area (Å²) in [6, 6.07) is 4.12. The van der Waals surface area contributed by atoms with Gasteiger partial charge in [0.2, 0.25) is 0 Å². The first kappa shape index (κ1) is 15.3. The number of hydrogen-bond acceptors (Lipinski definition) is 3. The monoisotopic (exact) mass is 364 g/mol. The number of rotatable bonds is 3. The van der Waals surface area contributed by atoms with Gasteiger partial charge in [-0.05, 0) is 32.0 Å². The van der Waals surface area contributed by atoms with E-state index in [-0.39, 0.29) is 4.47 Å². The van der Waals surface area contributed by atoms with E-state index >= 15 is 0 Å². The topological polar surface area (TPSA) is 24.9 Å². The van der Waals surface area contributed by atoms with Gasteiger partial charge in [0, 0.05) is 15.0 Å². The van der Waals surface area contributed by atoms with Crippen LogP contribution in [0.3, 0.4) is 0 Å². The van der Waals surface area contributed by atoms with E-state index in [0.29, 0.717) is 12.2 Å². The minimum atomic E-state index is -4.37. The minimum Gasteiger partial charge on any atom is -0.380 e. The summed E-state index contributed by atoms with van der Waals surface area (Å²) in [4.78, 5) is 5.31. The first-order valence-electron chi connectivity index (χ1n) is 5.81. The fraction of sp³-hybridized carbons (Fsp3) is 0.308. The van der Waals surface area contributed by atoms with Gasteiger partial charge in [0.25, 0.3) is 0 Å². The summed E-state index contributed by atoms with van der Waals surface area (Å²) in [7, 11) is 0. The van der Waals surface area contributed by atoms with Gasteiger partial charge in [-0.25, -0.2) is 4.98 Å². The number of nitrogens with zero attached hydrogens (tertiary/aromatic N) is 1. The standard InChI is InChI=1S/C13H12BrF3N2S/c1-7-12(20-8(2)19-7)6-18-9-3-4-11(14)10(5-9)13(15,16)17/h3-5,18H,6H2,1-2H3. The lowest BCUT2D eigenvalue weighted by Gasteiger charge is -2.12. The number of alkyl halides is 3. The molecule has 1 aromatic heterocycles. The van der Waals surface area contributed by atoms with Crippen LogP contribution in [0.25, 0.3) is 0 Å². The molecule has 0 aliphatic heterocycles. The number of anilines is 1. The molecule has 0 aliphatic rings. The van der Waals surface area contributed by atoms with Crippen molar-refractivity contribution in [3.8, 4) is 0 Å². The fourth-order valence-electron chi connectivity index (χ4n) is 1.77. The average Bonchev–Trinajstić information content (AvgIpc) is 2.65. The lowest BCUT2D eigenvalue weighted by Crippen LogP contribution is -2.07. The molecule has 20 heavy (non-hydrogen) atoms. The lowest BCUT2D eigenvalue weighted by atomic mass is 10.2. The number of aromatic nitrogens is 1. The fourth-order valence-corrected chi connectivity index (χ4v) is 3.12. The van der Waals surface area contributed by atoms with E-state index in [9.17, 15) is 13.2 Å². The minimum absolute atomic E-state index is 0.0420. The highest BCUT2D eigenvalue weighted by atomic mass is 79.9. The van der Waals surface area contributed by atoms with Gasteiger partial charge in [-0.1, -0.05) is 15.9 Å². The third-order valence-corrected chi connectivity index (χ3v) is 4.49. The van der Waals surface area contributed by atoms with Crippen molar-refractivity contribution in [2.24, 2.45) is 0 Å². The summed E-state index contributed by atoms with van der Waals surface area (Å²) < 4.78 is 38.4. The molecule has 2 nitrogen and oxygen atoms in total. The third kappa shape index (κ3) is 3.52. The molecule has 1 heterocycles. The Hall–Kier alpha value is -1.08. The molecular weight excluding hydrogens is 353 g/mol. The van der Waals surface area contributed by atoms with Gasteiger partial charge in [-0.3, -0.25) is 0 Å². The highest BCUT2D eigenvalue weighted by Gasteiger charge is 2.33. The largest absolute Gasteiger partial charge is 0.417 e. The first-order valence-corrected chi connectivity index (χ1v) is 7.42. The number of benzene rings is 1. The Bertz CT molecular complexity index is 623. The number of aryl methyl sites for hydroxylation is 2. The zero-order chi connectivity index (χ0) is 14.9. The van der Waals surface area contributed by atoms with Gasteiger partial charge in [-0.2, -0.15) is 13.2 Å². The molecule has 2 aromatic rings. The van der Waals surface area contributed by atoms with Crippen LogP contribution >= 0.6 is 27.3 Å². The van der Waals surface area contributed by atoms with E-state index in [2.05, 4.69) is 26.2 Å². The molecule has 0 atom stereocenters. The molecule has 0 unspecified atom stereocenters. The van der Waals surface area contributed by atoms with Crippen molar-refractivity contribution in [3.05, 3.63) is 43.8 Å². The predicted octanol–water partition coefficient (Wildman–Crippen LogP) is 5.15. The van der Waals surface area contributed by atoms with Crippen molar-refractivity contribution >= 4 is 33.0 Å². The van der Waals surface area contributed by atoms with Crippen LogP contribution in [0, 0.1) is 13.8 Å². The summed E-state index contributed by atoms with van der Waals surface area (Å²) in [6.07, 6.45) is -4.37. The Morgan fingerprint density at radius 2 is 2.00 bits per heavy atom. The maximum Gasteiger partial charge on any atom is 0.417 e. The number of halogens is 4. The van der Waals surface area contributed by atoms with E-state index in [0.717, 1.165) is 21.6 Å². The van der Waals surface area contributed by atoms with Crippen LogP contribution in [-0.4, -0.2) is 4.98 Å². The van der Waals surface area contributed by atoms with Crippen LogP contribution in [0.1, 0.15) is 21.1 Å². The van der Waals surface area contributed by atoms with Crippen LogP contribution in [0.2, 0.25) is 0 Å². The predicted molar refractivity (Wildman–Crippen MR) is 78.1 cm³/mol. The normalized spacial score (nSPS) is 11.7. The highest BCUT2D eigenvalue weighted by molar-refractivity contribution is 9.10. The lowest BCUT2D eigenvalue weighted by molar-refractivity contribution is -0.138. The SMILES string of the molecule is Cc1nc(C)c(CNc2ccc(Br)c(C(F)(F)F)c2)s1.